The summed E-state index contributed by atoms with van der Waals surface area (Å²) in [7, 11) is 0. The number of rotatable bonds is 2. The number of carbonyl (C=O) groups is 1. The highest BCUT2D eigenvalue weighted by atomic mass is 16.4. The Kier molecular flexibility index (Phi) is 2.85. The van der Waals surface area contributed by atoms with Crippen molar-refractivity contribution < 1.29 is 9.90 Å². The predicted molar refractivity (Wildman–Crippen MR) is 82.0 cm³/mol. The molecule has 0 aliphatic heterocycles. The number of benzene rings is 2. The van der Waals surface area contributed by atoms with Gasteiger partial charge in [-0.25, -0.2) is 4.79 Å². The Bertz CT molecular complexity index is 717. The third kappa shape index (κ3) is 1.90. The third-order valence-corrected chi connectivity index (χ3v) is 5.21. The van der Waals surface area contributed by atoms with Crippen molar-refractivity contribution in [2.24, 2.45) is 0 Å². The molecular formula is C19H18O2. The highest BCUT2D eigenvalue weighted by Crippen LogP contribution is 2.49. The van der Waals surface area contributed by atoms with Gasteiger partial charge in [-0.15, -0.1) is 0 Å². The van der Waals surface area contributed by atoms with Gasteiger partial charge in [-0.1, -0.05) is 36.4 Å². The zero-order valence-corrected chi connectivity index (χ0v) is 11.9. The van der Waals surface area contributed by atoms with E-state index in [0.717, 1.165) is 24.8 Å². The molecule has 0 aromatic heterocycles. The monoisotopic (exact) mass is 278 g/mol. The lowest BCUT2D eigenvalue weighted by molar-refractivity contribution is 0.0696. The summed E-state index contributed by atoms with van der Waals surface area (Å²) >= 11 is 0. The first-order chi connectivity index (χ1) is 10.3. The van der Waals surface area contributed by atoms with Crippen LogP contribution in [0.25, 0.3) is 0 Å². The molecule has 106 valence electrons. The molecule has 0 saturated carbocycles. The van der Waals surface area contributed by atoms with E-state index in [9.17, 15) is 9.90 Å². The SMILES string of the molecule is O=C(O)c1cccc2c1CCC2C1CCc2ccccc21. The average molecular weight is 278 g/mol. The molecule has 2 aromatic rings. The first-order valence-corrected chi connectivity index (χ1v) is 7.68. The van der Waals surface area contributed by atoms with Gasteiger partial charge in [-0.3, -0.25) is 0 Å². The van der Waals surface area contributed by atoms with Crippen LogP contribution in [0.2, 0.25) is 0 Å². The molecule has 2 unspecified atom stereocenters. The summed E-state index contributed by atoms with van der Waals surface area (Å²) in [5, 5.41) is 9.36. The summed E-state index contributed by atoms with van der Waals surface area (Å²) in [5.41, 5.74) is 5.80. The van der Waals surface area contributed by atoms with E-state index in [1.807, 2.05) is 6.07 Å². The van der Waals surface area contributed by atoms with Gasteiger partial charge >= 0.3 is 5.97 Å². The van der Waals surface area contributed by atoms with E-state index in [-0.39, 0.29) is 0 Å². The number of hydrogen-bond donors (Lipinski definition) is 1. The Morgan fingerprint density at radius 1 is 0.905 bits per heavy atom. The molecule has 4 rings (SSSR count). The van der Waals surface area contributed by atoms with E-state index in [2.05, 4.69) is 30.3 Å². The van der Waals surface area contributed by atoms with Gasteiger partial charge in [0, 0.05) is 0 Å². The maximum Gasteiger partial charge on any atom is 0.335 e. The predicted octanol–water partition coefficient (Wildman–Crippen LogP) is 4.14. The maximum absolute atomic E-state index is 11.4. The first-order valence-electron chi connectivity index (χ1n) is 7.68. The van der Waals surface area contributed by atoms with Gasteiger partial charge in [0.05, 0.1) is 5.56 Å². The highest BCUT2D eigenvalue weighted by Gasteiger charge is 2.35. The van der Waals surface area contributed by atoms with Crippen LogP contribution in [0.5, 0.6) is 0 Å². The lowest BCUT2D eigenvalue weighted by Gasteiger charge is -2.21. The minimum Gasteiger partial charge on any atom is -0.478 e. The second-order valence-corrected chi connectivity index (χ2v) is 6.17. The number of carboxylic acid groups (broad SMARTS) is 1. The van der Waals surface area contributed by atoms with E-state index >= 15 is 0 Å². The molecule has 2 aliphatic rings. The van der Waals surface area contributed by atoms with Crippen molar-refractivity contribution in [1.29, 1.82) is 0 Å². The molecule has 2 atom stereocenters. The van der Waals surface area contributed by atoms with Crippen molar-refractivity contribution in [3.8, 4) is 0 Å². The Hall–Kier alpha value is -2.09. The van der Waals surface area contributed by atoms with Gasteiger partial charge in [0.25, 0.3) is 0 Å². The molecule has 0 saturated heterocycles. The van der Waals surface area contributed by atoms with Crippen LogP contribution in [0, 0.1) is 0 Å². The van der Waals surface area contributed by atoms with E-state index in [0.29, 0.717) is 17.4 Å². The van der Waals surface area contributed by atoms with Crippen LogP contribution in [0.4, 0.5) is 0 Å². The van der Waals surface area contributed by atoms with Crippen LogP contribution >= 0.6 is 0 Å². The summed E-state index contributed by atoms with van der Waals surface area (Å²) in [6.07, 6.45) is 4.34. The minimum absolute atomic E-state index is 0.489. The van der Waals surface area contributed by atoms with Gasteiger partial charge in [0.15, 0.2) is 0 Å². The standard InChI is InChI=1S/C19H18O2/c20-19(21)18-7-3-6-14-16(10-11-17(14)18)15-9-8-12-4-1-2-5-13(12)15/h1-7,15-16H,8-11H2,(H,20,21). The fourth-order valence-corrected chi connectivity index (χ4v) is 4.31. The van der Waals surface area contributed by atoms with Gasteiger partial charge in [0.1, 0.15) is 0 Å². The fraction of sp³-hybridized carbons (Fsp3) is 0.316. The van der Waals surface area contributed by atoms with Crippen LogP contribution < -0.4 is 0 Å². The molecular weight excluding hydrogens is 260 g/mol. The van der Waals surface area contributed by atoms with Crippen LogP contribution in [0.3, 0.4) is 0 Å². The molecule has 2 aliphatic carbocycles. The quantitative estimate of drug-likeness (QED) is 0.896. The Morgan fingerprint density at radius 3 is 2.48 bits per heavy atom. The number of fused-ring (bicyclic) bond motifs is 2. The Morgan fingerprint density at radius 2 is 1.62 bits per heavy atom. The van der Waals surface area contributed by atoms with Crippen LogP contribution in [-0.4, -0.2) is 11.1 Å². The summed E-state index contributed by atoms with van der Waals surface area (Å²) < 4.78 is 0. The molecule has 0 amide bonds. The smallest absolute Gasteiger partial charge is 0.335 e. The summed E-state index contributed by atoms with van der Waals surface area (Å²) in [4.78, 5) is 11.4. The second kappa shape index (κ2) is 4.73. The van der Waals surface area contributed by atoms with Gasteiger partial charge in [-0.05, 0) is 65.8 Å². The maximum atomic E-state index is 11.4. The van der Waals surface area contributed by atoms with Gasteiger partial charge in [-0.2, -0.15) is 0 Å². The van der Waals surface area contributed by atoms with Crippen molar-refractivity contribution >= 4 is 5.97 Å². The van der Waals surface area contributed by atoms with Crippen molar-refractivity contribution in [3.05, 3.63) is 70.3 Å². The largest absolute Gasteiger partial charge is 0.478 e. The second-order valence-electron chi connectivity index (χ2n) is 6.17. The zero-order valence-electron chi connectivity index (χ0n) is 11.9. The number of aromatic carboxylic acids is 1. The molecule has 21 heavy (non-hydrogen) atoms. The fourth-order valence-electron chi connectivity index (χ4n) is 4.31. The molecule has 2 nitrogen and oxygen atoms in total. The Balaban J connectivity index is 1.76. The molecule has 0 radical (unpaired) electrons. The van der Waals surface area contributed by atoms with Crippen molar-refractivity contribution in [3.63, 3.8) is 0 Å². The zero-order chi connectivity index (χ0) is 14.4. The lowest BCUT2D eigenvalue weighted by atomic mass is 9.83. The van der Waals surface area contributed by atoms with Crippen LogP contribution in [0.15, 0.2) is 42.5 Å². The minimum atomic E-state index is -0.792. The average Bonchev–Trinajstić information content (AvgIpc) is 3.09. The molecule has 2 heteroatoms. The molecule has 0 heterocycles. The molecule has 0 fully saturated rings. The van der Waals surface area contributed by atoms with Crippen LogP contribution in [0.1, 0.15) is 57.3 Å². The topological polar surface area (TPSA) is 37.3 Å². The van der Waals surface area contributed by atoms with Crippen molar-refractivity contribution in [2.75, 3.05) is 0 Å². The summed E-state index contributed by atoms with van der Waals surface area (Å²) in [5.74, 6) is 0.258. The van der Waals surface area contributed by atoms with Crippen molar-refractivity contribution in [2.45, 2.75) is 37.5 Å². The molecule has 0 spiro atoms. The van der Waals surface area contributed by atoms with E-state index in [4.69, 9.17) is 0 Å². The normalized spacial score (nSPS) is 22.9. The van der Waals surface area contributed by atoms with E-state index in [1.165, 1.54) is 23.1 Å². The third-order valence-electron chi connectivity index (χ3n) is 5.21. The summed E-state index contributed by atoms with van der Waals surface area (Å²) in [6, 6.07) is 14.5. The van der Waals surface area contributed by atoms with Crippen molar-refractivity contribution in [1.82, 2.24) is 0 Å². The number of carboxylic acids is 1. The van der Waals surface area contributed by atoms with E-state index < -0.39 is 5.97 Å². The van der Waals surface area contributed by atoms with Gasteiger partial charge in [0.2, 0.25) is 0 Å². The molecule has 0 bridgehead atoms. The Labute approximate surface area is 124 Å². The highest BCUT2D eigenvalue weighted by molar-refractivity contribution is 5.90. The molecule has 1 N–H and O–H groups in total. The number of hydrogen-bond acceptors (Lipinski definition) is 1. The number of aryl methyl sites for hydroxylation is 1. The molecule has 2 aromatic carbocycles. The van der Waals surface area contributed by atoms with E-state index in [1.54, 1.807) is 6.07 Å². The first kappa shape index (κ1) is 12.6. The lowest BCUT2D eigenvalue weighted by Crippen LogP contribution is -2.07. The van der Waals surface area contributed by atoms with Crippen LogP contribution in [-0.2, 0) is 12.8 Å². The van der Waals surface area contributed by atoms with Gasteiger partial charge < -0.3 is 5.11 Å². The summed E-state index contributed by atoms with van der Waals surface area (Å²) in [6.45, 7) is 0.